The number of nitrogens with one attached hydrogen (secondary N) is 2. The zero-order chi connectivity index (χ0) is 14.8. The molecule has 1 atom stereocenters. The van der Waals surface area contributed by atoms with Crippen molar-refractivity contribution in [1.29, 1.82) is 0 Å². The van der Waals surface area contributed by atoms with Crippen molar-refractivity contribution in [2.45, 2.75) is 23.8 Å². The summed E-state index contributed by atoms with van der Waals surface area (Å²) < 4.78 is 38.1. The third-order valence-electron chi connectivity index (χ3n) is 3.41. The van der Waals surface area contributed by atoms with E-state index in [0.717, 1.165) is 13.0 Å². The fourth-order valence-corrected chi connectivity index (χ4v) is 3.90. The Morgan fingerprint density at radius 2 is 2.05 bits per heavy atom. The van der Waals surface area contributed by atoms with Gasteiger partial charge in [-0.3, -0.25) is 0 Å². The maximum absolute atomic E-state index is 12.6. The zero-order valence-electron chi connectivity index (χ0n) is 11.9. The molecule has 0 amide bonds. The maximum atomic E-state index is 12.6. The molecule has 0 saturated carbocycles. The Morgan fingerprint density at radius 1 is 1.30 bits per heavy atom. The molecule has 1 heterocycles. The number of ether oxygens (including phenoxy) is 2. The van der Waals surface area contributed by atoms with Gasteiger partial charge in [-0.2, -0.15) is 0 Å². The predicted molar refractivity (Wildman–Crippen MR) is 75.8 cm³/mol. The summed E-state index contributed by atoms with van der Waals surface area (Å²) in [6, 6.07) is 4.71. The van der Waals surface area contributed by atoms with E-state index in [2.05, 4.69) is 10.0 Å². The Labute approximate surface area is 119 Å². The molecular weight excluding hydrogens is 280 g/mol. The van der Waals surface area contributed by atoms with Gasteiger partial charge in [0, 0.05) is 18.2 Å². The first-order chi connectivity index (χ1) is 9.40. The Morgan fingerprint density at radius 3 is 2.60 bits per heavy atom. The molecular formula is C13H20N2O4S. The summed E-state index contributed by atoms with van der Waals surface area (Å²) in [7, 11) is -0.734. The molecule has 1 aromatic rings. The van der Waals surface area contributed by atoms with E-state index in [1.165, 1.54) is 20.3 Å². The van der Waals surface area contributed by atoms with Crippen molar-refractivity contribution in [2.75, 3.05) is 27.3 Å². The molecule has 112 valence electrons. The fraction of sp³-hybridized carbons (Fsp3) is 0.538. The molecule has 1 unspecified atom stereocenters. The number of methoxy groups -OCH3 is 2. The second-order valence-corrected chi connectivity index (χ2v) is 6.76. The van der Waals surface area contributed by atoms with Crippen LogP contribution in [0, 0.1) is 0 Å². The van der Waals surface area contributed by atoms with Gasteiger partial charge in [-0.15, -0.1) is 0 Å². The van der Waals surface area contributed by atoms with Gasteiger partial charge in [0.2, 0.25) is 10.0 Å². The third kappa shape index (κ3) is 3.05. The normalized spacial score (nSPS) is 22.8. The quantitative estimate of drug-likeness (QED) is 0.838. The van der Waals surface area contributed by atoms with Gasteiger partial charge in [-0.25, -0.2) is 13.1 Å². The van der Waals surface area contributed by atoms with E-state index in [0.29, 0.717) is 18.0 Å². The molecule has 1 aliphatic heterocycles. The van der Waals surface area contributed by atoms with Crippen LogP contribution in [0.5, 0.6) is 11.5 Å². The Bertz CT molecular complexity index is 580. The van der Waals surface area contributed by atoms with Crippen LogP contribution in [0.25, 0.3) is 0 Å². The summed E-state index contributed by atoms with van der Waals surface area (Å²) in [6.07, 6.45) is 0.749. The lowest BCUT2D eigenvalue weighted by Gasteiger charge is -2.24. The monoisotopic (exact) mass is 300 g/mol. The van der Waals surface area contributed by atoms with E-state index in [1.807, 2.05) is 6.92 Å². The van der Waals surface area contributed by atoms with E-state index in [-0.39, 0.29) is 4.90 Å². The molecule has 0 aliphatic carbocycles. The number of rotatable bonds is 5. The first kappa shape index (κ1) is 15.1. The van der Waals surface area contributed by atoms with E-state index < -0.39 is 15.6 Å². The maximum Gasteiger partial charge on any atom is 0.244 e. The average Bonchev–Trinajstić information content (AvgIpc) is 2.83. The van der Waals surface area contributed by atoms with Crippen LogP contribution in [-0.2, 0) is 10.0 Å². The van der Waals surface area contributed by atoms with E-state index >= 15 is 0 Å². The Hall–Kier alpha value is -1.31. The van der Waals surface area contributed by atoms with Gasteiger partial charge < -0.3 is 14.8 Å². The summed E-state index contributed by atoms with van der Waals surface area (Å²) in [5.41, 5.74) is -0.479. The van der Waals surface area contributed by atoms with Crippen LogP contribution in [-0.4, -0.2) is 41.3 Å². The SMILES string of the molecule is COc1ccc(OC)c(S(=O)(=O)NC2(C)CCNC2)c1. The number of sulfonamides is 1. The molecule has 1 fully saturated rings. The molecule has 1 saturated heterocycles. The smallest absolute Gasteiger partial charge is 0.244 e. The lowest BCUT2D eigenvalue weighted by atomic mass is 10.0. The molecule has 0 bridgehead atoms. The zero-order valence-corrected chi connectivity index (χ0v) is 12.7. The minimum Gasteiger partial charge on any atom is -0.497 e. The molecule has 2 rings (SSSR count). The number of benzene rings is 1. The molecule has 1 aromatic carbocycles. The minimum atomic E-state index is -3.67. The van der Waals surface area contributed by atoms with Crippen molar-refractivity contribution in [1.82, 2.24) is 10.0 Å². The van der Waals surface area contributed by atoms with Gasteiger partial charge in [0.25, 0.3) is 0 Å². The van der Waals surface area contributed by atoms with Gasteiger partial charge in [-0.1, -0.05) is 0 Å². The molecule has 0 radical (unpaired) electrons. The van der Waals surface area contributed by atoms with Crippen LogP contribution in [0.2, 0.25) is 0 Å². The van der Waals surface area contributed by atoms with Crippen LogP contribution >= 0.6 is 0 Å². The average molecular weight is 300 g/mol. The second kappa shape index (κ2) is 5.59. The highest BCUT2D eigenvalue weighted by Crippen LogP contribution is 2.29. The highest BCUT2D eigenvalue weighted by Gasteiger charge is 2.34. The number of hydrogen-bond donors (Lipinski definition) is 2. The van der Waals surface area contributed by atoms with Gasteiger partial charge in [-0.05, 0) is 32.0 Å². The van der Waals surface area contributed by atoms with E-state index in [4.69, 9.17) is 9.47 Å². The molecule has 2 N–H and O–H groups in total. The van der Waals surface area contributed by atoms with Crippen molar-refractivity contribution < 1.29 is 17.9 Å². The van der Waals surface area contributed by atoms with Crippen molar-refractivity contribution in [3.05, 3.63) is 18.2 Å². The summed E-state index contributed by atoms with van der Waals surface area (Å²) in [6.45, 7) is 3.30. The van der Waals surface area contributed by atoms with Crippen LogP contribution in [0.15, 0.2) is 23.1 Å². The largest absolute Gasteiger partial charge is 0.497 e. The fourth-order valence-electron chi connectivity index (χ4n) is 2.28. The Balaban J connectivity index is 2.37. The van der Waals surface area contributed by atoms with Crippen molar-refractivity contribution >= 4 is 10.0 Å². The second-order valence-electron chi connectivity index (χ2n) is 5.11. The van der Waals surface area contributed by atoms with E-state index in [1.54, 1.807) is 12.1 Å². The first-order valence-corrected chi connectivity index (χ1v) is 7.85. The summed E-state index contributed by atoms with van der Waals surface area (Å²) in [4.78, 5) is 0.0903. The Kier molecular flexibility index (Phi) is 4.22. The molecule has 7 heteroatoms. The van der Waals surface area contributed by atoms with Crippen LogP contribution in [0.4, 0.5) is 0 Å². The molecule has 0 spiro atoms. The highest BCUT2D eigenvalue weighted by atomic mass is 32.2. The van der Waals surface area contributed by atoms with Crippen molar-refractivity contribution in [3.63, 3.8) is 0 Å². The lowest BCUT2D eigenvalue weighted by molar-refractivity contribution is 0.390. The van der Waals surface area contributed by atoms with E-state index in [9.17, 15) is 8.42 Å². The van der Waals surface area contributed by atoms with Gasteiger partial charge >= 0.3 is 0 Å². The van der Waals surface area contributed by atoms with Gasteiger partial charge in [0.05, 0.1) is 14.2 Å². The first-order valence-electron chi connectivity index (χ1n) is 6.37. The lowest BCUT2D eigenvalue weighted by Crippen LogP contribution is -2.47. The minimum absolute atomic E-state index is 0.0903. The topological polar surface area (TPSA) is 76.7 Å². The summed E-state index contributed by atoms with van der Waals surface area (Å²) in [5.74, 6) is 0.772. The van der Waals surface area contributed by atoms with Gasteiger partial charge in [0.15, 0.2) is 0 Å². The third-order valence-corrected chi connectivity index (χ3v) is 5.07. The van der Waals surface area contributed by atoms with Crippen molar-refractivity contribution in [3.8, 4) is 11.5 Å². The van der Waals surface area contributed by atoms with Crippen LogP contribution < -0.4 is 19.5 Å². The molecule has 1 aliphatic rings. The standard InChI is InChI=1S/C13H20N2O4S/c1-13(6-7-14-9-13)15-20(16,17)12-8-10(18-2)4-5-11(12)19-3/h4-5,8,14-15H,6-7,9H2,1-3H3. The van der Waals surface area contributed by atoms with Gasteiger partial charge in [0.1, 0.15) is 16.4 Å². The predicted octanol–water partition coefficient (Wildman–Crippen LogP) is 0.734. The number of hydrogen-bond acceptors (Lipinski definition) is 5. The highest BCUT2D eigenvalue weighted by molar-refractivity contribution is 7.89. The summed E-state index contributed by atoms with van der Waals surface area (Å²) >= 11 is 0. The van der Waals surface area contributed by atoms with Crippen molar-refractivity contribution in [2.24, 2.45) is 0 Å². The van der Waals surface area contributed by atoms with Crippen LogP contribution in [0.3, 0.4) is 0 Å². The molecule has 6 nitrogen and oxygen atoms in total. The summed E-state index contributed by atoms with van der Waals surface area (Å²) in [5, 5.41) is 3.16. The molecule has 20 heavy (non-hydrogen) atoms. The molecule has 0 aromatic heterocycles. The van der Waals surface area contributed by atoms with Crippen LogP contribution in [0.1, 0.15) is 13.3 Å².